The zero-order valence-corrected chi connectivity index (χ0v) is 15.2. The summed E-state index contributed by atoms with van der Waals surface area (Å²) >= 11 is 0. The molecule has 2 aliphatic heterocycles. The van der Waals surface area contributed by atoms with E-state index in [1.165, 1.54) is 0 Å². The van der Waals surface area contributed by atoms with E-state index in [4.69, 9.17) is 14.2 Å². The lowest BCUT2D eigenvalue weighted by molar-refractivity contribution is -0.124. The molecule has 2 rings (SSSR count). The minimum absolute atomic E-state index is 0.0932. The van der Waals surface area contributed by atoms with Gasteiger partial charge in [-0.25, -0.2) is 0 Å². The van der Waals surface area contributed by atoms with Crippen molar-refractivity contribution in [1.82, 2.24) is 10.6 Å². The number of hydrogen-bond acceptors (Lipinski definition) is 5. The standard InChI is InChI=1S/C18H34N2O4/c1-14(2)17(20-15-6-11-22-12-7-15)18(21)19-8-4-9-23-13-16-5-3-10-24-16/h14-17,20H,3-13H2,1-2H3,(H,19,21)/t16-,17+/m1/s1. The van der Waals surface area contributed by atoms with Crippen molar-refractivity contribution in [2.45, 2.75) is 64.1 Å². The highest BCUT2D eigenvalue weighted by molar-refractivity contribution is 5.82. The highest BCUT2D eigenvalue weighted by Gasteiger charge is 2.25. The normalized spacial score (nSPS) is 23.5. The van der Waals surface area contributed by atoms with Gasteiger partial charge >= 0.3 is 0 Å². The summed E-state index contributed by atoms with van der Waals surface area (Å²) in [4.78, 5) is 12.4. The Bertz CT molecular complexity index is 353. The van der Waals surface area contributed by atoms with Crippen molar-refractivity contribution in [2.24, 2.45) is 5.92 Å². The molecule has 0 unspecified atom stereocenters. The molecule has 0 aliphatic carbocycles. The lowest BCUT2D eigenvalue weighted by Crippen LogP contribution is -2.52. The average molecular weight is 342 g/mol. The van der Waals surface area contributed by atoms with Crippen LogP contribution in [0, 0.1) is 5.92 Å². The van der Waals surface area contributed by atoms with Gasteiger partial charge in [-0.05, 0) is 38.0 Å². The van der Waals surface area contributed by atoms with Gasteiger partial charge in [-0.3, -0.25) is 4.79 Å². The van der Waals surface area contributed by atoms with Crippen molar-refractivity contribution in [3.05, 3.63) is 0 Å². The monoisotopic (exact) mass is 342 g/mol. The highest BCUT2D eigenvalue weighted by atomic mass is 16.5. The van der Waals surface area contributed by atoms with Crippen LogP contribution in [-0.2, 0) is 19.0 Å². The Morgan fingerprint density at radius 1 is 1.21 bits per heavy atom. The average Bonchev–Trinajstić information content (AvgIpc) is 3.09. The van der Waals surface area contributed by atoms with E-state index in [9.17, 15) is 4.79 Å². The van der Waals surface area contributed by atoms with Crippen LogP contribution in [0.25, 0.3) is 0 Å². The lowest BCUT2D eigenvalue weighted by Gasteiger charge is -2.30. The molecule has 2 fully saturated rings. The third-order valence-corrected chi connectivity index (χ3v) is 4.68. The summed E-state index contributed by atoms with van der Waals surface area (Å²) in [6, 6.07) is 0.243. The van der Waals surface area contributed by atoms with E-state index in [2.05, 4.69) is 24.5 Å². The van der Waals surface area contributed by atoms with E-state index in [-0.39, 0.29) is 24.0 Å². The quantitative estimate of drug-likeness (QED) is 0.589. The third-order valence-electron chi connectivity index (χ3n) is 4.68. The van der Waals surface area contributed by atoms with Gasteiger partial charge in [-0.2, -0.15) is 0 Å². The number of amides is 1. The molecule has 6 nitrogen and oxygen atoms in total. The Kier molecular flexibility index (Phi) is 9.02. The van der Waals surface area contributed by atoms with Gasteiger partial charge in [0, 0.05) is 39.0 Å². The lowest BCUT2D eigenvalue weighted by atomic mass is 10.00. The fourth-order valence-electron chi connectivity index (χ4n) is 3.18. The number of nitrogens with one attached hydrogen (secondary N) is 2. The van der Waals surface area contributed by atoms with Gasteiger partial charge in [0.05, 0.1) is 18.8 Å². The second-order valence-corrected chi connectivity index (χ2v) is 7.13. The molecular formula is C18H34N2O4. The highest BCUT2D eigenvalue weighted by Crippen LogP contribution is 2.12. The zero-order chi connectivity index (χ0) is 17.2. The first-order valence-electron chi connectivity index (χ1n) is 9.47. The first-order chi connectivity index (χ1) is 11.7. The topological polar surface area (TPSA) is 68.8 Å². The van der Waals surface area contributed by atoms with Gasteiger partial charge in [-0.1, -0.05) is 13.8 Å². The molecule has 1 amide bonds. The fourth-order valence-corrected chi connectivity index (χ4v) is 3.18. The van der Waals surface area contributed by atoms with Crippen LogP contribution < -0.4 is 10.6 Å². The first kappa shape index (κ1) is 19.6. The molecule has 2 saturated heterocycles. The molecule has 2 heterocycles. The summed E-state index contributed by atoms with van der Waals surface area (Å²) in [5.41, 5.74) is 0. The summed E-state index contributed by atoms with van der Waals surface area (Å²) in [7, 11) is 0. The molecular weight excluding hydrogens is 308 g/mol. The van der Waals surface area contributed by atoms with Crippen LogP contribution in [0.5, 0.6) is 0 Å². The Morgan fingerprint density at radius 2 is 2.00 bits per heavy atom. The summed E-state index contributed by atoms with van der Waals surface area (Å²) in [5, 5.41) is 6.54. The predicted octanol–water partition coefficient (Wildman–Crippen LogP) is 1.48. The minimum atomic E-state index is -0.138. The smallest absolute Gasteiger partial charge is 0.237 e. The fraction of sp³-hybridized carbons (Fsp3) is 0.944. The molecule has 0 aromatic rings. The summed E-state index contributed by atoms with van der Waals surface area (Å²) < 4.78 is 16.5. The SMILES string of the molecule is CC(C)[C@H](NC1CCOCC1)C(=O)NCCCOC[C@H]1CCCO1. The zero-order valence-electron chi connectivity index (χ0n) is 15.2. The summed E-state index contributed by atoms with van der Waals surface area (Å²) in [6.45, 7) is 8.60. The van der Waals surface area contributed by atoms with Crippen molar-refractivity contribution < 1.29 is 19.0 Å². The molecule has 0 aromatic carbocycles. The van der Waals surface area contributed by atoms with Crippen LogP contribution in [0.15, 0.2) is 0 Å². The Hall–Kier alpha value is -0.690. The van der Waals surface area contributed by atoms with Gasteiger partial charge in [-0.15, -0.1) is 0 Å². The number of carbonyl (C=O) groups excluding carboxylic acids is 1. The second kappa shape index (κ2) is 11.0. The summed E-state index contributed by atoms with van der Waals surface area (Å²) in [5.74, 6) is 0.360. The van der Waals surface area contributed by atoms with E-state index >= 15 is 0 Å². The molecule has 2 atom stereocenters. The molecule has 6 heteroatoms. The molecule has 140 valence electrons. The minimum Gasteiger partial charge on any atom is -0.381 e. The maximum absolute atomic E-state index is 12.4. The molecule has 0 radical (unpaired) electrons. The maximum atomic E-state index is 12.4. The molecule has 0 bridgehead atoms. The number of ether oxygens (including phenoxy) is 3. The first-order valence-corrected chi connectivity index (χ1v) is 9.47. The van der Waals surface area contributed by atoms with Crippen molar-refractivity contribution in [1.29, 1.82) is 0 Å². The predicted molar refractivity (Wildman–Crippen MR) is 93.0 cm³/mol. The van der Waals surface area contributed by atoms with Gasteiger partial charge in [0.15, 0.2) is 0 Å². The van der Waals surface area contributed by atoms with E-state index in [0.29, 0.717) is 25.8 Å². The molecule has 24 heavy (non-hydrogen) atoms. The van der Waals surface area contributed by atoms with Gasteiger partial charge in [0.25, 0.3) is 0 Å². The molecule has 0 spiro atoms. The molecule has 0 saturated carbocycles. The van der Waals surface area contributed by atoms with Crippen LogP contribution in [-0.4, -0.2) is 63.7 Å². The van der Waals surface area contributed by atoms with Gasteiger partial charge in [0.1, 0.15) is 0 Å². The second-order valence-electron chi connectivity index (χ2n) is 7.13. The Morgan fingerprint density at radius 3 is 2.67 bits per heavy atom. The number of carbonyl (C=O) groups is 1. The van der Waals surface area contributed by atoms with Crippen LogP contribution >= 0.6 is 0 Å². The summed E-state index contributed by atoms with van der Waals surface area (Å²) in [6.07, 6.45) is 5.31. The maximum Gasteiger partial charge on any atom is 0.237 e. The number of hydrogen-bond donors (Lipinski definition) is 2. The van der Waals surface area contributed by atoms with Crippen molar-refractivity contribution in [3.8, 4) is 0 Å². The van der Waals surface area contributed by atoms with Crippen LogP contribution in [0.2, 0.25) is 0 Å². The molecule has 2 N–H and O–H groups in total. The van der Waals surface area contributed by atoms with E-state index in [1.807, 2.05) is 0 Å². The van der Waals surface area contributed by atoms with Crippen molar-refractivity contribution >= 4 is 5.91 Å². The van der Waals surface area contributed by atoms with E-state index < -0.39 is 0 Å². The van der Waals surface area contributed by atoms with Crippen LogP contribution in [0.1, 0.15) is 46.0 Å². The van der Waals surface area contributed by atoms with Gasteiger partial charge < -0.3 is 24.8 Å². The molecule has 0 aromatic heterocycles. The van der Waals surface area contributed by atoms with Crippen molar-refractivity contribution in [2.75, 3.05) is 39.6 Å². The van der Waals surface area contributed by atoms with Crippen molar-refractivity contribution in [3.63, 3.8) is 0 Å². The molecule has 2 aliphatic rings. The third kappa shape index (κ3) is 7.05. The van der Waals surface area contributed by atoms with Crippen LogP contribution in [0.4, 0.5) is 0 Å². The number of rotatable bonds is 10. The largest absolute Gasteiger partial charge is 0.381 e. The van der Waals surface area contributed by atoms with E-state index in [1.54, 1.807) is 0 Å². The van der Waals surface area contributed by atoms with Crippen LogP contribution in [0.3, 0.4) is 0 Å². The Balaban J connectivity index is 1.57. The van der Waals surface area contributed by atoms with Gasteiger partial charge in [0.2, 0.25) is 5.91 Å². The Labute approximate surface area is 146 Å². The van der Waals surface area contributed by atoms with E-state index in [0.717, 1.165) is 51.9 Å².